The zero-order valence-corrected chi connectivity index (χ0v) is 9.83. The average molecular weight is 237 g/mol. The van der Waals surface area contributed by atoms with Crippen molar-refractivity contribution in [3.05, 3.63) is 18.1 Å². The first kappa shape index (κ1) is 11.8. The van der Waals surface area contributed by atoms with Gasteiger partial charge >= 0.3 is 5.97 Å². The molecule has 1 aromatic rings. The predicted octanol–water partition coefficient (Wildman–Crippen LogP) is 0.788. The summed E-state index contributed by atoms with van der Waals surface area (Å²) in [4.78, 5) is 20.9. The van der Waals surface area contributed by atoms with Crippen molar-refractivity contribution in [2.75, 3.05) is 18.6 Å². The molecular weight excluding hydrogens is 222 g/mol. The lowest BCUT2D eigenvalue weighted by Gasteiger charge is -2.28. The molecule has 0 radical (unpaired) electrons. The fraction of sp³-hybridized carbons (Fsp3) is 0.545. The molecule has 0 aromatic carbocycles. The molecule has 2 atom stereocenters. The van der Waals surface area contributed by atoms with Crippen LogP contribution in [0.5, 0.6) is 0 Å². The first-order chi connectivity index (χ1) is 8.11. The van der Waals surface area contributed by atoms with Crippen LogP contribution >= 0.6 is 0 Å². The van der Waals surface area contributed by atoms with Crippen molar-refractivity contribution in [1.82, 2.24) is 9.97 Å². The average Bonchev–Trinajstić information content (AvgIpc) is 2.74. The second kappa shape index (κ2) is 4.67. The number of nitrogens with zero attached hydrogens (tertiary/aromatic N) is 3. The van der Waals surface area contributed by atoms with Crippen molar-refractivity contribution in [3.8, 4) is 0 Å². The predicted molar refractivity (Wildman–Crippen MR) is 61.2 cm³/mol. The Labute approximate surface area is 99.2 Å². The first-order valence-corrected chi connectivity index (χ1v) is 5.50. The van der Waals surface area contributed by atoms with E-state index in [2.05, 4.69) is 9.97 Å². The minimum Gasteiger partial charge on any atom is -0.476 e. The summed E-state index contributed by atoms with van der Waals surface area (Å²) in [6.07, 6.45) is 3.82. The second-order valence-corrected chi connectivity index (χ2v) is 4.08. The van der Waals surface area contributed by atoms with E-state index in [4.69, 9.17) is 9.84 Å². The molecule has 0 saturated carbocycles. The van der Waals surface area contributed by atoms with Crippen molar-refractivity contribution >= 4 is 11.8 Å². The summed E-state index contributed by atoms with van der Waals surface area (Å²) >= 11 is 0. The summed E-state index contributed by atoms with van der Waals surface area (Å²) in [5.41, 5.74) is -0.0194. The molecule has 2 unspecified atom stereocenters. The van der Waals surface area contributed by atoms with E-state index < -0.39 is 5.97 Å². The van der Waals surface area contributed by atoms with Gasteiger partial charge in [0.1, 0.15) is 0 Å². The van der Waals surface area contributed by atoms with Crippen molar-refractivity contribution in [1.29, 1.82) is 0 Å². The van der Waals surface area contributed by atoms with Crippen LogP contribution in [0.4, 0.5) is 5.82 Å². The van der Waals surface area contributed by atoms with Gasteiger partial charge in [0.15, 0.2) is 11.5 Å². The van der Waals surface area contributed by atoms with Crippen LogP contribution < -0.4 is 4.90 Å². The van der Waals surface area contributed by atoms with Crippen molar-refractivity contribution in [2.45, 2.75) is 25.5 Å². The van der Waals surface area contributed by atoms with Crippen LogP contribution in [0, 0.1) is 0 Å². The quantitative estimate of drug-likeness (QED) is 0.837. The van der Waals surface area contributed by atoms with E-state index in [-0.39, 0.29) is 17.8 Å². The number of hydrogen-bond acceptors (Lipinski definition) is 5. The number of anilines is 1. The van der Waals surface area contributed by atoms with E-state index in [1.165, 1.54) is 12.4 Å². The molecule has 1 N–H and O–H groups in total. The van der Waals surface area contributed by atoms with Gasteiger partial charge in [-0.05, 0) is 13.3 Å². The molecule has 2 heterocycles. The van der Waals surface area contributed by atoms with Crippen LogP contribution in [0.25, 0.3) is 0 Å². The van der Waals surface area contributed by atoms with Crippen LogP contribution in [0.1, 0.15) is 23.8 Å². The van der Waals surface area contributed by atoms with Gasteiger partial charge in [0.2, 0.25) is 0 Å². The molecule has 0 amide bonds. The van der Waals surface area contributed by atoms with Gasteiger partial charge in [-0.25, -0.2) is 14.8 Å². The van der Waals surface area contributed by atoms with Crippen LogP contribution in [0.2, 0.25) is 0 Å². The van der Waals surface area contributed by atoms with Gasteiger partial charge < -0.3 is 14.7 Å². The van der Waals surface area contributed by atoms with Crippen LogP contribution in [0.3, 0.4) is 0 Å². The highest BCUT2D eigenvalue weighted by Crippen LogP contribution is 2.24. The standard InChI is InChI=1S/C11H15N3O3/c1-7-8(3-6-17-7)14(2)10-9(11(15)16)12-4-5-13-10/h4-5,7-8H,3,6H2,1-2H3,(H,15,16). The molecule has 1 aromatic heterocycles. The van der Waals surface area contributed by atoms with Gasteiger partial charge in [-0.2, -0.15) is 0 Å². The van der Waals surface area contributed by atoms with E-state index in [1.54, 1.807) is 0 Å². The van der Waals surface area contributed by atoms with Crippen LogP contribution in [0.15, 0.2) is 12.4 Å². The van der Waals surface area contributed by atoms with Gasteiger partial charge in [-0.1, -0.05) is 0 Å². The molecule has 2 rings (SSSR count). The number of aromatic carboxylic acids is 1. The molecular formula is C11H15N3O3. The Morgan fingerprint density at radius 1 is 1.53 bits per heavy atom. The lowest BCUT2D eigenvalue weighted by molar-refractivity contribution is 0.0690. The molecule has 92 valence electrons. The summed E-state index contributed by atoms with van der Waals surface area (Å²) in [7, 11) is 1.83. The molecule has 6 nitrogen and oxygen atoms in total. The smallest absolute Gasteiger partial charge is 0.358 e. The van der Waals surface area contributed by atoms with E-state index in [1.807, 2.05) is 18.9 Å². The maximum atomic E-state index is 11.1. The Morgan fingerprint density at radius 3 is 2.82 bits per heavy atom. The fourth-order valence-corrected chi connectivity index (χ4v) is 2.13. The van der Waals surface area contributed by atoms with Gasteiger partial charge in [-0.3, -0.25) is 0 Å². The number of carboxylic acids is 1. The summed E-state index contributed by atoms with van der Waals surface area (Å²) in [5.74, 6) is -0.672. The highest BCUT2D eigenvalue weighted by atomic mass is 16.5. The molecule has 0 aliphatic carbocycles. The van der Waals surface area contributed by atoms with Crippen molar-refractivity contribution < 1.29 is 14.6 Å². The highest BCUT2D eigenvalue weighted by molar-refractivity contribution is 5.90. The first-order valence-electron chi connectivity index (χ1n) is 5.50. The maximum absolute atomic E-state index is 11.1. The number of carboxylic acid groups (broad SMARTS) is 1. The highest BCUT2D eigenvalue weighted by Gasteiger charge is 2.30. The van der Waals surface area contributed by atoms with Crippen molar-refractivity contribution in [3.63, 3.8) is 0 Å². The Kier molecular flexibility index (Phi) is 3.23. The molecule has 1 aliphatic heterocycles. The van der Waals surface area contributed by atoms with Gasteiger partial charge in [0.25, 0.3) is 0 Å². The van der Waals surface area contributed by atoms with E-state index in [0.717, 1.165) is 6.42 Å². The Balaban J connectivity index is 2.30. The van der Waals surface area contributed by atoms with Gasteiger partial charge in [0.05, 0.1) is 12.1 Å². The van der Waals surface area contributed by atoms with Crippen LogP contribution in [-0.4, -0.2) is 46.8 Å². The minimum absolute atomic E-state index is 0.0194. The number of rotatable bonds is 3. The molecule has 1 saturated heterocycles. The summed E-state index contributed by atoms with van der Waals surface area (Å²) in [5, 5.41) is 9.06. The third kappa shape index (κ3) is 2.21. The van der Waals surface area contributed by atoms with E-state index >= 15 is 0 Å². The zero-order chi connectivity index (χ0) is 12.4. The van der Waals surface area contributed by atoms with Crippen LogP contribution in [-0.2, 0) is 4.74 Å². The van der Waals surface area contributed by atoms with Gasteiger partial charge in [0, 0.05) is 26.0 Å². The third-order valence-electron chi connectivity index (χ3n) is 3.05. The molecule has 17 heavy (non-hydrogen) atoms. The maximum Gasteiger partial charge on any atom is 0.358 e. The largest absolute Gasteiger partial charge is 0.476 e. The molecule has 0 spiro atoms. The van der Waals surface area contributed by atoms with E-state index in [0.29, 0.717) is 12.4 Å². The lowest BCUT2D eigenvalue weighted by atomic mass is 10.1. The number of carbonyl (C=O) groups is 1. The number of hydrogen-bond donors (Lipinski definition) is 1. The number of ether oxygens (including phenoxy) is 1. The molecule has 6 heteroatoms. The Bertz CT molecular complexity index is 424. The minimum atomic E-state index is -1.06. The molecule has 1 aliphatic rings. The van der Waals surface area contributed by atoms with Crippen molar-refractivity contribution in [2.24, 2.45) is 0 Å². The number of likely N-dealkylation sites (N-methyl/N-ethyl adjacent to an activating group) is 1. The lowest BCUT2D eigenvalue weighted by Crippen LogP contribution is -2.38. The SMILES string of the molecule is CC1OCCC1N(C)c1nccnc1C(=O)O. The monoisotopic (exact) mass is 237 g/mol. The zero-order valence-electron chi connectivity index (χ0n) is 9.83. The Hall–Kier alpha value is -1.69. The number of aromatic nitrogens is 2. The molecule has 1 fully saturated rings. The second-order valence-electron chi connectivity index (χ2n) is 4.08. The summed E-state index contributed by atoms with van der Waals surface area (Å²) in [6.45, 7) is 2.67. The van der Waals surface area contributed by atoms with Gasteiger partial charge in [-0.15, -0.1) is 0 Å². The molecule has 0 bridgehead atoms. The fourth-order valence-electron chi connectivity index (χ4n) is 2.13. The normalized spacial score (nSPS) is 23.6. The summed E-state index contributed by atoms with van der Waals surface area (Å²) < 4.78 is 5.47. The topological polar surface area (TPSA) is 75.5 Å². The third-order valence-corrected chi connectivity index (χ3v) is 3.05. The van der Waals surface area contributed by atoms with E-state index in [9.17, 15) is 4.79 Å². The summed E-state index contributed by atoms with van der Waals surface area (Å²) in [6, 6.07) is 0.143. The Morgan fingerprint density at radius 2 is 2.24 bits per heavy atom.